The Bertz CT molecular complexity index is 1300. The van der Waals surface area contributed by atoms with E-state index in [1.807, 2.05) is 49.8 Å². The summed E-state index contributed by atoms with van der Waals surface area (Å²) in [4.78, 5) is 34.7. The van der Waals surface area contributed by atoms with Crippen LogP contribution < -0.4 is 21.1 Å². The van der Waals surface area contributed by atoms with E-state index in [-0.39, 0.29) is 35.4 Å². The number of aryl methyl sites for hydroxylation is 1. The molecule has 1 aliphatic rings. The van der Waals surface area contributed by atoms with Crippen LogP contribution in [0.4, 0.5) is 23.1 Å². The first-order valence-corrected chi connectivity index (χ1v) is 12.2. The number of rotatable bonds is 9. The Morgan fingerprint density at radius 3 is 2.81 bits per heavy atom. The van der Waals surface area contributed by atoms with Gasteiger partial charge < -0.3 is 26.0 Å². The van der Waals surface area contributed by atoms with Crippen LogP contribution in [0.1, 0.15) is 48.7 Å². The number of anilines is 4. The lowest BCUT2D eigenvalue weighted by Crippen LogP contribution is -2.39. The van der Waals surface area contributed by atoms with Gasteiger partial charge >= 0.3 is 0 Å². The van der Waals surface area contributed by atoms with Gasteiger partial charge in [-0.15, -0.1) is 0 Å². The average molecular weight is 505 g/mol. The zero-order valence-corrected chi connectivity index (χ0v) is 21.3. The minimum Gasteiger partial charge on any atom is -0.489 e. The van der Waals surface area contributed by atoms with Gasteiger partial charge in [0, 0.05) is 25.5 Å². The Hall–Kier alpha value is -4.41. The molecule has 0 bridgehead atoms. The van der Waals surface area contributed by atoms with Crippen LogP contribution in [0, 0.1) is 6.92 Å². The van der Waals surface area contributed by atoms with Crippen molar-refractivity contribution in [2.45, 2.75) is 45.8 Å². The summed E-state index contributed by atoms with van der Waals surface area (Å²) in [7, 11) is 0. The number of aromatic nitrogens is 4. The maximum absolute atomic E-state index is 12.1. The van der Waals surface area contributed by atoms with E-state index in [9.17, 15) is 9.59 Å². The lowest BCUT2D eigenvalue weighted by atomic mass is 10.1. The van der Waals surface area contributed by atoms with Gasteiger partial charge in [0.25, 0.3) is 5.91 Å². The maximum Gasteiger partial charge on any atom is 0.254 e. The number of hydrogen-bond acceptors (Lipinski definition) is 8. The molecular weight excluding hydrogens is 472 g/mol. The van der Waals surface area contributed by atoms with Crippen molar-refractivity contribution in [3.8, 4) is 5.75 Å². The Morgan fingerprint density at radius 1 is 1.27 bits per heavy atom. The van der Waals surface area contributed by atoms with E-state index in [2.05, 4.69) is 32.3 Å². The Kier molecular flexibility index (Phi) is 7.71. The summed E-state index contributed by atoms with van der Waals surface area (Å²) < 4.78 is 7.77. The number of hydrogen-bond donors (Lipinski definition) is 3. The monoisotopic (exact) mass is 504 g/mol. The van der Waals surface area contributed by atoms with Gasteiger partial charge in [-0.05, 0) is 51.3 Å². The van der Waals surface area contributed by atoms with Crippen molar-refractivity contribution in [1.82, 2.24) is 24.6 Å². The number of benzene rings is 1. The molecule has 11 heteroatoms. The van der Waals surface area contributed by atoms with Crippen LogP contribution in [0.25, 0.3) is 0 Å². The molecule has 3 aromatic rings. The summed E-state index contributed by atoms with van der Waals surface area (Å²) in [6.45, 7) is 10.7. The van der Waals surface area contributed by atoms with Crippen LogP contribution in [0.15, 0.2) is 49.4 Å². The molecular formula is C26H32N8O3. The van der Waals surface area contributed by atoms with Crippen molar-refractivity contribution in [2.24, 2.45) is 5.73 Å². The van der Waals surface area contributed by atoms with Crippen LogP contribution in [-0.2, 0) is 4.79 Å². The van der Waals surface area contributed by atoms with E-state index in [1.54, 1.807) is 11.1 Å². The van der Waals surface area contributed by atoms with E-state index >= 15 is 0 Å². The number of para-hydroxylation sites is 1. The number of nitrogens with two attached hydrogens (primary N) is 1. The molecule has 4 rings (SSSR count). The summed E-state index contributed by atoms with van der Waals surface area (Å²) in [6.07, 6.45) is 8.00. The van der Waals surface area contributed by atoms with Crippen molar-refractivity contribution in [3.05, 3.63) is 60.6 Å². The lowest BCUT2D eigenvalue weighted by Gasteiger charge is -2.32. The van der Waals surface area contributed by atoms with E-state index in [1.165, 1.54) is 12.3 Å². The number of carbonyl (C=O) groups is 2. The second-order valence-electron chi connectivity index (χ2n) is 9.18. The Morgan fingerprint density at radius 2 is 2.08 bits per heavy atom. The fraction of sp³-hybridized carbons (Fsp3) is 0.346. The topological polar surface area (TPSA) is 140 Å². The third-order valence-corrected chi connectivity index (χ3v) is 6.01. The number of ether oxygens (including phenoxy) is 1. The molecule has 1 atom stereocenters. The number of likely N-dealkylation sites (tertiary alicyclic amines) is 1. The molecule has 37 heavy (non-hydrogen) atoms. The SMILES string of the molecule is C=CC(=O)N1CCCC(n2cc(Nc3ncc(C(N)=O)c(Nc4c(C)cccc4OC(C)C)n3)cn2)C1. The van der Waals surface area contributed by atoms with E-state index < -0.39 is 5.91 Å². The van der Waals surface area contributed by atoms with Crippen LogP contribution in [0.2, 0.25) is 0 Å². The number of nitrogens with zero attached hydrogens (tertiary/aromatic N) is 5. The largest absolute Gasteiger partial charge is 0.489 e. The number of primary amides is 1. The first kappa shape index (κ1) is 25.7. The smallest absolute Gasteiger partial charge is 0.254 e. The standard InChI is InChI=1S/C26H32N8O3/c1-5-22(35)33-11-7-9-19(15-33)34-14-18(12-29-34)30-26-28-13-20(24(27)36)25(32-26)31-23-17(4)8-6-10-21(23)37-16(2)3/h5-6,8,10,12-14,16,19H,1,7,9,11,15H2,2-4H3,(H2,27,36)(H2,28,30,31,32). The molecule has 4 N–H and O–H groups in total. The third-order valence-electron chi connectivity index (χ3n) is 6.01. The van der Waals surface area contributed by atoms with Crippen LogP contribution in [-0.4, -0.2) is 55.7 Å². The van der Waals surface area contributed by atoms with Crippen LogP contribution in [0.5, 0.6) is 5.75 Å². The highest BCUT2D eigenvalue weighted by molar-refractivity contribution is 5.98. The van der Waals surface area contributed by atoms with Gasteiger partial charge in [-0.1, -0.05) is 18.7 Å². The molecule has 1 unspecified atom stereocenters. The molecule has 3 heterocycles. The summed E-state index contributed by atoms with van der Waals surface area (Å²) in [5.74, 6) is 0.424. The quantitative estimate of drug-likeness (QED) is 0.375. The highest BCUT2D eigenvalue weighted by atomic mass is 16.5. The van der Waals surface area contributed by atoms with Crippen molar-refractivity contribution in [1.29, 1.82) is 0 Å². The second kappa shape index (κ2) is 11.1. The first-order chi connectivity index (χ1) is 17.7. The summed E-state index contributed by atoms with van der Waals surface area (Å²) in [6, 6.07) is 5.74. The van der Waals surface area contributed by atoms with Gasteiger partial charge in [0.05, 0.1) is 29.7 Å². The van der Waals surface area contributed by atoms with E-state index in [4.69, 9.17) is 10.5 Å². The average Bonchev–Trinajstić information content (AvgIpc) is 3.34. The van der Waals surface area contributed by atoms with Gasteiger partial charge in [0.15, 0.2) is 0 Å². The number of nitrogens with one attached hydrogen (secondary N) is 2. The minimum atomic E-state index is -0.655. The molecule has 2 amide bonds. The molecule has 1 aliphatic heterocycles. The molecule has 11 nitrogen and oxygen atoms in total. The maximum atomic E-state index is 12.1. The van der Waals surface area contributed by atoms with Crippen LogP contribution >= 0.6 is 0 Å². The molecule has 0 aliphatic carbocycles. The van der Waals surface area contributed by atoms with Crippen molar-refractivity contribution >= 4 is 35.0 Å². The Balaban J connectivity index is 1.56. The fourth-order valence-corrected chi connectivity index (χ4v) is 4.22. The summed E-state index contributed by atoms with van der Waals surface area (Å²) in [5, 5.41) is 10.8. The highest BCUT2D eigenvalue weighted by Gasteiger charge is 2.24. The number of carbonyl (C=O) groups excluding carboxylic acids is 2. The minimum absolute atomic E-state index is 0.0386. The lowest BCUT2D eigenvalue weighted by molar-refractivity contribution is -0.127. The molecule has 0 saturated carbocycles. The Labute approximate surface area is 215 Å². The second-order valence-corrected chi connectivity index (χ2v) is 9.18. The van der Waals surface area contributed by atoms with E-state index in [0.29, 0.717) is 30.2 Å². The first-order valence-electron chi connectivity index (χ1n) is 12.2. The molecule has 1 fully saturated rings. The molecule has 194 valence electrons. The van der Waals surface area contributed by atoms with Gasteiger partial charge in [-0.3, -0.25) is 14.3 Å². The molecule has 0 radical (unpaired) electrons. The van der Waals surface area contributed by atoms with Gasteiger partial charge in [-0.25, -0.2) is 4.98 Å². The predicted octanol–water partition coefficient (Wildman–Crippen LogP) is 3.70. The van der Waals surface area contributed by atoms with Crippen molar-refractivity contribution in [2.75, 3.05) is 23.7 Å². The highest BCUT2D eigenvalue weighted by Crippen LogP contribution is 2.33. The predicted molar refractivity (Wildman–Crippen MR) is 141 cm³/mol. The third kappa shape index (κ3) is 6.05. The molecule has 1 aromatic carbocycles. The zero-order chi connectivity index (χ0) is 26.5. The number of piperidine rings is 1. The van der Waals surface area contributed by atoms with Gasteiger partial charge in [0.1, 0.15) is 17.1 Å². The normalized spacial score (nSPS) is 15.4. The van der Waals surface area contributed by atoms with E-state index in [0.717, 1.165) is 18.4 Å². The van der Waals surface area contributed by atoms with Crippen molar-refractivity contribution in [3.63, 3.8) is 0 Å². The fourth-order valence-electron chi connectivity index (χ4n) is 4.22. The van der Waals surface area contributed by atoms with Gasteiger partial charge in [-0.2, -0.15) is 10.1 Å². The summed E-state index contributed by atoms with van der Waals surface area (Å²) in [5.41, 5.74) is 8.02. The van der Waals surface area contributed by atoms with Gasteiger partial charge in [0.2, 0.25) is 11.9 Å². The molecule has 2 aromatic heterocycles. The van der Waals surface area contributed by atoms with Crippen molar-refractivity contribution < 1.29 is 14.3 Å². The van der Waals surface area contributed by atoms with Crippen LogP contribution in [0.3, 0.4) is 0 Å². The zero-order valence-electron chi connectivity index (χ0n) is 21.3. The number of amides is 2. The molecule has 0 spiro atoms. The summed E-state index contributed by atoms with van der Waals surface area (Å²) >= 11 is 0. The molecule has 1 saturated heterocycles.